The molecule has 1 aromatic rings. The summed E-state index contributed by atoms with van der Waals surface area (Å²) in [6, 6.07) is 2.95. The molecule has 1 atom stereocenters. The van der Waals surface area contributed by atoms with Gasteiger partial charge in [-0.3, -0.25) is 18.0 Å². The van der Waals surface area contributed by atoms with Crippen LogP contribution in [0.15, 0.2) is 18.2 Å². The molecule has 0 aromatic heterocycles. The molecule has 0 aliphatic carbocycles. The number of nitrogens with zero attached hydrogens (tertiary/aromatic N) is 1. The maximum atomic E-state index is 14.8. The van der Waals surface area contributed by atoms with Crippen molar-refractivity contribution in [3.8, 4) is 0 Å². The molecular weight excluding hydrogens is 503 g/mol. The van der Waals surface area contributed by atoms with Crippen LogP contribution in [0.2, 0.25) is 0 Å². The molecule has 1 aromatic carbocycles. The first kappa shape index (κ1) is 29.4. The van der Waals surface area contributed by atoms with E-state index in [1.54, 1.807) is 0 Å². The molecule has 0 unspecified atom stereocenters. The monoisotopic (exact) mass is 528 g/mol. The fourth-order valence-corrected chi connectivity index (χ4v) is 3.47. The van der Waals surface area contributed by atoms with Gasteiger partial charge in [0, 0.05) is 25.2 Å². The zero-order chi connectivity index (χ0) is 26.3. The Balaban J connectivity index is 3.21. The smallest absolute Gasteiger partial charge is 0.331 e. The van der Waals surface area contributed by atoms with Gasteiger partial charge in [0.05, 0.1) is 31.3 Å². The van der Waals surface area contributed by atoms with E-state index >= 15 is 0 Å². The standard InChI is InChI=1S/C18H25FN2O11S2/c1-33(27,28)31-9-7-21(8-10-32-34(2,29)30)12-3-4-13(14(19)11-12)16(24)18(20,17(25)26)6-5-15(22)23/h3-4,11H,5-10,20H2,1-2H3,(H,22,23)(H,25,26)/t18-/m1/s1. The highest BCUT2D eigenvalue weighted by molar-refractivity contribution is 7.86. The first-order valence-corrected chi connectivity index (χ1v) is 13.1. The van der Waals surface area contributed by atoms with Crippen LogP contribution in [0.25, 0.3) is 0 Å². The molecule has 0 saturated carbocycles. The van der Waals surface area contributed by atoms with Crippen molar-refractivity contribution in [1.29, 1.82) is 0 Å². The van der Waals surface area contributed by atoms with E-state index in [0.717, 1.165) is 24.6 Å². The Bertz CT molecular complexity index is 1100. The third-order valence-electron chi connectivity index (χ3n) is 4.40. The minimum absolute atomic E-state index is 0.0618. The van der Waals surface area contributed by atoms with E-state index in [-0.39, 0.29) is 32.0 Å². The van der Waals surface area contributed by atoms with Gasteiger partial charge in [0.25, 0.3) is 20.2 Å². The number of benzene rings is 1. The highest BCUT2D eigenvalue weighted by Gasteiger charge is 2.43. The van der Waals surface area contributed by atoms with Gasteiger partial charge in [-0.2, -0.15) is 16.8 Å². The third kappa shape index (κ3) is 9.30. The number of rotatable bonds is 15. The second kappa shape index (κ2) is 11.7. The Hall–Kier alpha value is -2.66. The molecule has 0 amide bonds. The van der Waals surface area contributed by atoms with Crippen molar-refractivity contribution in [1.82, 2.24) is 0 Å². The van der Waals surface area contributed by atoms with Crippen LogP contribution in [0.1, 0.15) is 23.2 Å². The van der Waals surface area contributed by atoms with Crippen LogP contribution < -0.4 is 10.6 Å². The molecule has 13 nitrogen and oxygen atoms in total. The van der Waals surface area contributed by atoms with E-state index in [1.807, 2.05) is 0 Å². The zero-order valence-corrected chi connectivity index (χ0v) is 19.9. The van der Waals surface area contributed by atoms with Gasteiger partial charge >= 0.3 is 11.9 Å². The van der Waals surface area contributed by atoms with Crippen LogP contribution in [0.5, 0.6) is 0 Å². The average molecular weight is 529 g/mol. The van der Waals surface area contributed by atoms with Crippen LogP contribution in [-0.2, 0) is 38.2 Å². The molecule has 0 heterocycles. The summed E-state index contributed by atoms with van der Waals surface area (Å²) in [4.78, 5) is 36.3. The van der Waals surface area contributed by atoms with E-state index in [2.05, 4.69) is 8.37 Å². The van der Waals surface area contributed by atoms with Crippen molar-refractivity contribution in [2.75, 3.05) is 43.7 Å². The summed E-state index contributed by atoms with van der Waals surface area (Å²) >= 11 is 0. The predicted octanol–water partition coefficient (Wildman–Crippen LogP) is -0.586. The molecule has 0 bridgehead atoms. The normalized spacial score (nSPS) is 13.8. The molecule has 0 radical (unpaired) electrons. The van der Waals surface area contributed by atoms with Crippen molar-refractivity contribution in [2.24, 2.45) is 5.73 Å². The largest absolute Gasteiger partial charge is 0.481 e. The fourth-order valence-electron chi connectivity index (χ4n) is 2.71. The van der Waals surface area contributed by atoms with Crippen molar-refractivity contribution >= 4 is 43.6 Å². The topological polar surface area (TPSA) is 208 Å². The van der Waals surface area contributed by atoms with Gasteiger partial charge in [-0.25, -0.2) is 9.18 Å². The molecule has 0 aliphatic heterocycles. The number of aliphatic carboxylic acids is 2. The first-order chi connectivity index (χ1) is 15.5. The quantitative estimate of drug-likeness (QED) is 0.148. The van der Waals surface area contributed by atoms with E-state index in [0.29, 0.717) is 0 Å². The summed E-state index contributed by atoms with van der Waals surface area (Å²) in [5.41, 5.74) is 2.27. The second-order valence-electron chi connectivity index (χ2n) is 7.20. The SMILES string of the molecule is CS(=O)(=O)OCCN(CCOS(C)(=O)=O)c1ccc(C(=O)[C@](N)(CCC(=O)O)C(=O)O)c(F)c1. The van der Waals surface area contributed by atoms with Crippen LogP contribution >= 0.6 is 0 Å². The van der Waals surface area contributed by atoms with Crippen LogP contribution in [-0.4, -0.2) is 89.1 Å². The third-order valence-corrected chi connectivity index (χ3v) is 5.59. The van der Waals surface area contributed by atoms with Gasteiger partial charge in [0.2, 0.25) is 0 Å². The number of halogens is 1. The van der Waals surface area contributed by atoms with Crippen molar-refractivity contribution in [2.45, 2.75) is 18.4 Å². The molecule has 4 N–H and O–H groups in total. The molecular formula is C18H25FN2O11S2. The lowest BCUT2D eigenvalue weighted by Gasteiger charge is -2.26. The van der Waals surface area contributed by atoms with Gasteiger partial charge in [0.15, 0.2) is 11.3 Å². The Morgan fingerprint density at radius 2 is 1.53 bits per heavy atom. The van der Waals surface area contributed by atoms with Gasteiger partial charge in [-0.1, -0.05) is 0 Å². The van der Waals surface area contributed by atoms with E-state index in [1.165, 1.54) is 11.0 Å². The first-order valence-electron chi connectivity index (χ1n) is 9.48. The second-order valence-corrected chi connectivity index (χ2v) is 10.5. The van der Waals surface area contributed by atoms with E-state index < -0.39 is 67.7 Å². The van der Waals surface area contributed by atoms with Crippen LogP contribution in [0, 0.1) is 5.82 Å². The number of carboxylic acid groups (broad SMARTS) is 2. The number of nitrogens with two attached hydrogens (primary N) is 1. The Morgan fingerprint density at radius 3 is 1.91 bits per heavy atom. The van der Waals surface area contributed by atoms with Gasteiger partial charge in [-0.15, -0.1) is 0 Å². The molecule has 16 heteroatoms. The summed E-state index contributed by atoms with van der Waals surface area (Å²) in [5.74, 6) is -5.77. The maximum Gasteiger partial charge on any atom is 0.331 e. The molecule has 0 aliphatic rings. The molecule has 0 fully saturated rings. The number of carbonyl (C=O) groups is 3. The van der Waals surface area contributed by atoms with Crippen molar-refractivity contribution < 1.29 is 54.2 Å². The summed E-state index contributed by atoms with van der Waals surface area (Å²) in [5, 5.41) is 18.1. The number of hydrogen-bond donors (Lipinski definition) is 3. The summed E-state index contributed by atoms with van der Waals surface area (Å²) in [6.07, 6.45) is 0.101. The van der Waals surface area contributed by atoms with Crippen molar-refractivity contribution in [3.05, 3.63) is 29.6 Å². The summed E-state index contributed by atoms with van der Waals surface area (Å²) in [6.45, 7) is -1.05. The number of carbonyl (C=O) groups excluding carboxylic acids is 1. The number of carboxylic acids is 2. The lowest BCUT2D eigenvalue weighted by atomic mass is 9.85. The minimum Gasteiger partial charge on any atom is -0.481 e. The average Bonchev–Trinajstić information content (AvgIpc) is 2.68. The number of ketones is 1. The lowest BCUT2D eigenvalue weighted by Crippen LogP contribution is -2.55. The van der Waals surface area contributed by atoms with E-state index in [9.17, 15) is 40.7 Å². The highest BCUT2D eigenvalue weighted by atomic mass is 32.2. The zero-order valence-electron chi connectivity index (χ0n) is 18.3. The number of Topliss-reactive ketones (excluding diaryl/α,β-unsaturated/α-hetero) is 1. The van der Waals surface area contributed by atoms with Gasteiger partial charge < -0.3 is 20.8 Å². The molecule has 192 valence electrons. The fraction of sp³-hybridized carbons (Fsp3) is 0.500. The van der Waals surface area contributed by atoms with E-state index in [4.69, 9.17) is 10.8 Å². The highest BCUT2D eigenvalue weighted by Crippen LogP contribution is 2.24. The molecule has 34 heavy (non-hydrogen) atoms. The van der Waals surface area contributed by atoms with Gasteiger partial charge in [0.1, 0.15) is 5.82 Å². The number of anilines is 1. The van der Waals surface area contributed by atoms with Gasteiger partial charge in [-0.05, 0) is 24.6 Å². The predicted molar refractivity (Wildman–Crippen MR) is 116 cm³/mol. The Labute approximate surface area is 195 Å². The van der Waals surface area contributed by atoms with Crippen LogP contribution in [0.3, 0.4) is 0 Å². The Morgan fingerprint density at radius 1 is 1.03 bits per heavy atom. The Kier molecular flexibility index (Phi) is 10.1. The maximum absolute atomic E-state index is 14.8. The molecule has 0 spiro atoms. The van der Waals surface area contributed by atoms with Crippen molar-refractivity contribution in [3.63, 3.8) is 0 Å². The number of hydrogen-bond acceptors (Lipinski definition) is 11. The summed E-state index contributed by atoms with van der Waals surface area (Å²) < 4.78 is 68.8. The molecule has 0 saturated heterocycles. The summed E-state index contributed by atoms with van der Waals surface area (Å²) in [7, 11) is -7.58. The molecule has 1 rings (SSSR count). The lowest BCUT2D eigenvalue weighted by molar-refractivity contribution is -0.142. The minimum atomic E-state index is -3.79. The van der Waals surface area contributed by atoms with Crippen LogP contribution in [0.4, 0.5) is 10.1 Å².